The van der Waals surface area contributed by atoms with Crippen LogP contribution in [0.25, 0.3) is 44.7 Å². The molecular formula is C51H44N4OPt-2. The van der Waals surface area contributed by atoms with Gasteiger partial charge in [-0.2, -0.15) is 0 Å². The number of pyridine rings is 1. The van der Waals surface area contributed by atoms with Gasteiger partial charge in [0.25, 0.3) is 0 Å². The van der Waals surface area contributed by atoms with Crippen LogP contribution >= 0.6 is 0 Å². The van der Waals surface area contributed by atoms with Gasteiger partial charge in [-0.05, 0) is 17.0 Å². The van der Waals surface area contributed by atoms with E-state index in [0.29, 0.717) is 11.5 Å². The van der Waals surface area contributed by atoms with E-state index in [4.69, 9.17) is 9.72 Å². The molecule has 0 atom stereocenters. The first-order valence-electron chi connectivity index (χ1n) is 19.5. The molecule has 0 fully saturated rings. The van der Waals surface area contributed by atoms with E-state index in [0.717, 1.165) is 72.9 Å². The van der Waals surface area contributed by atoms with Crippen LogP contribution in [0.2, 0.25) is 0 Å². The van der Waals surface area contributed by atoms with Crippen LogP contribution in [0.1, 0.15) is 45.7 Å². The molecule has 0 bridgehead atoms. The fraction of sp³-hybridized carbons (Fsp3) is 0.176. The zero-order chi connectivity index (χ0) is 39.3. The van der Waals surface area contributed by atoms with Gasteiger partial charge in [0.1, 0.15) is 0 Å². The molecule has 1 aliphatic rings. The summed E-state index contributed by atoms with van der Waals surface area (Å²) in [6.45, 7) is 12.2. The van der Waals surface area contributed by atoms with Crippen LogP contribution in [0.4, 0.5) is 11.5 Å². The maximum absolute atomic E-state index is 6.64. The summed E-state index contributed by atoms with van der Waals surface area (Å²) in [6, 6.07) is 58.5. The SMILES string of the molecule is CC1(C)Cc2ccc(Oc3[c-]c(-n4[c](=[Pt])n(-c5c(-c6ccccc6)cccc5-c5ccccc5)c5ccccc54)ccc3)[c-]c2N(c2cc(C(C)(C)C)ccn2)C1. The average molecular weight is 924 g/mol. The predicted octanol–water partition coefficient (Wildman–Crippen LogP) is 12.6. The van der Waals surface area contributed by atoms with E-state index in [1.807, 2.05) is 24.4 Å². The number of benzene rings is 6. The molecule has 6 aromatic carbocycles. The standard InChI is InChI=1S/C51H44N4O.Pt/c1-50(2,3)39-28-29-52-48(30-39)53-34-51(4,5)33-38-26-27-42(32-47(38)53)56-41-21-14-20-40(31-41)54-35-55(46-25-13-12-24-45(46)54)49-43(36-16-8-6-9-17-36)22-15-23-44(49)37-18-10-7-11-19-37;/h6-30H,33-34H2,1-5H3;/q-2;. The molecule has 0 radical (unpaired) electrons. The van der Waals surface area contributed by atoms with E-state index < -0.39 is 0 Å². The van der Waals surface area contributed by atoms with Gasteiger partial charge in [0.05, 0.1) is 0 Å². The molecule has 0 N–H and O–H groups in total. The number of nitrogens with zero attached hydrogens (tertiary/aromatic N) is 4. The Bertz CT molecular complexity index is 2750. The molecule has 286 valence electrons. The summed E-state index contributed by atoms with van der Waals surface area (Å²) in [5.41, 5.74) is 12.4. The Hall–Kier alpha value is -5.77. The number of para-hydroxylation sites is 3. The van der Waals surface area contributed by atoms with Gasteiger partial charge < -0.3 is 0 Å². The topological polar surface area (TPSA) is 35.2 Å². The molecule has 0 spiro atoms. The fourth-order valence-electron chi connectivity index (χ4n) is 8.03. The van der Waals surface area contributed by atoms with Crippen molar-refractivity contribution < 1.29 is 24.1 Å². The summed E-state index contributed by atoms with van der Waals surface area (Å²) < 4.78 is 12.3. The Kier molecular flexibility index (Phi) is 9.45. The summed E-state index contributed by atoms with van der Waals surface area (Å²) in [5.74, 6) is 2.20. The molecule has 57 heavy (non-hydrogen) atoms. The van der Waals surface area contributed by atoms with Crippen molar-refractivity contribution in [2.45, 2.75) is 46.5 Å². The van der Waals surface area contributed by atoms with Crippen molar-refractivity contribution in [2.24, 2.45) is 5.41 Å². The van der Waals surface area contributed by atoms with Gasteiger partial charge >= 0.3 is 290 Å². The zero-order valence-electron chi connectivity index (χ0n) is 32.9. The van der Waals surface area contributed by atoms with Crippen molar-refractivity contribution in [2.75, 3.05) is 11.4 Å². The Balaban J connectivity index is 1.14. The second-order valence-electron chi connectivity index (χ2n) is 16.6. The van der Waals surface area contributed by atoms with Crippen LogP contribution in [0.5, 0.6) is 11.5 Å². The molecule has 0 aliphatic carbocycles. The Labute approximate surface area is 346 Å². The Morgan fingerprint density at radius 1 is 0.667 bits per heavy atom. The molecule has 2 aromatic heterocycles. The molecule has 3 heterocycles. The van der Waals surface area contributed by atoms with Gasteiger partial charge in [-0.1, -0.05) is 34.6 Å². The van der Waals surface area contributed by atoms with Gasteiger partial charge in [-0.15, -0.1) is 0 Å². The predicted molar refractivity (Wildman–Crippen MR) is 228 cm³/mol. The molecule has 0 saturated carbocycles. The van der Waals surface area contributed by atoms with Crippen LogP contribution in [0.15, 0.2) is 152 Å². The van der Waals surface area contributed by atoms with Crippen molar-refractivity contribution in [3.8, 4) is 45.1 Å². The van der Waals surface area contributed by atoms with Gasteiger partial charge in [-0.25, -0.2) is 0 Å². The summed E-state index contributed by atoms with van der Waals surface area (Å²) in [7, 11) is 0. The monoisotopic (exact) mass is 923 g/mol. The number of ether oxygens (including phenoxy) is 1. The van der Waals surface area contributed by atoms with Crippen molar-refractivity contribution in [3.63, 3.8) is 0 Å². The van der Waals surface area contributed by atoms with Crippen molar-refractivity contribution in [1.29, 1.82) is 0 Å². The first kappa shape index (κ1) is 36.8. The summed E-state index contributed by atoms with van der Waals surface area (Å²) >= 11 is 2.47. The van der Waals surface area contributed by atoms with Gasteiger partial charge in [0.15, 0.2) is 0 Å². The molecule has 0 saturated heterocycles. The third kappa shape index (κ3) is 7.11. The maximum atomic E-state index is 6.64. The quantitative estimate of drug-likeness (QED) is 0.149. The molecule has 6 heteroatoms. The molecule has 8 aromatic rings. The van der Waals surface area contributed by atoms with E-state index in [2.05, 4.69) is 208 Å². The first-order valence-corrected chi connectivity index (χ1v) is 20.6. The van der Waals surface area contributed by atoms with Crippen LogP contribution in [-0.4, -0.2) is 20.7 Å². The van der Waals surface area contributed by atoms with E-state index in [9.17, 15) is 0 Å². The van der Waals surface area contributed by atoms with E-state index in [1.165, 1.54) is 11.1 Å². The van der Waals surface area contributed by atoms with Crippen LogP contribution in [0.3, 0.4) is 0 Å². The molecule has 0 amide bonds. The van der Waals surface area contributed by atoms with E-state index in [1.54, 1.807) is 0 Å². The van der Waals surface area contributed by atoms with Crippen molar-refractivity contribution in [3.05, 3.63) is 179 Å². The normalized spacial score (nSPS) is 13.8. The number of hydrogen-bond acceptors (Lipinski definition) is 3. The molecule has 9 rings (SSSR count). The minimum atomic E-state index is 0.0129. The third-order valence-electron chi connectivity index (χ3n) is 10.7. The van der Waals surface area contributed by atoms with Gasteiger partial charge in [-0.3, -0.25) is 0 Å². The van der Waals surface area contributed by atoms with Crippen LogP contribution in [-0.2, 0) is 31.2 Å². The van der Waals surface area contributed by atoms with Gasteiger partial charge in [0.2, 0.25) is 0 Å². The van der Waals surface area contributed by atoms with Crippen LogP contribution < -0.4 is 9.64 Å². The summed E-state index contributed by atoms with van der Waals surface area (Å²) in [6.07, 6.45) is 2.88. The van der Waals surface area contributed by atoms with E-state index >= 15 is 0 Å². The van der Waals surface area contributed by atoms with Crippen molar-refractivity contribution >= 4 is 22.5 Å². The number of anilines is 2. The van der Waals surface area contributed by atoms with E-state index in [-0.39, 0.29) is 10.8 Å². The summed E-state index contributed by atoms with van der Waals surface area (Å²) in [4.78, 5) is 7.17. The first-order chi connectivity index (χ1) is 27.5. The number of aromatic nitrogens is 3. The Morgan fingerprint density at radius 2 is 1.28 bits per heavy atom. The third-order valence-corrected chi connectivity index (χ3v) is 11.8. The minimum absolute atomic E-state index is 0.0129. The van der Waals surface area contributed by atoms with Crippen molar-refractivity contribution in [1.82, 2.24) is 14.1 Å². The number of imidazole rings is 1. The second kappa shape index (κ2) is 14.6. The number of hydrogen-bond donors (Lipinski definition) is 0. The number of rotatable bonds is 7. The molecular weight excluding hydrogens is 880 g/mol. The average Bonchev–Trinajstić information content (AvgIpc) is 3.51. The van der Waals surface area contributed by atoms with Gasteiger partial charge in [0, 0.05) is 6.20 Å². The second-order valence-corrected chi connectivity index (χ2v) is 17.6. The van der Waals surface area contributed by atoms with Crippen LogP contribution in [0, 0.1) is 21.4 Å². The fourth-order valence-corrected chi connectivity index (χ4v) is 9.10. The molecule has 5 nitrogen and oxygen atoms in total. The molecule has 1 aliphatic heterocycles. The Morgan fingerprint density at radius 3 is 1.95 bits per heavy atom. The summed E-state index contributed by atoms with van der Waals surface area (Å²) in [5, 5.41) is 0. The molecule has 0 unspecified atom stereocenters. The zero-order valence-corrected chi connectivity index (χ0v) is 35.1. The number of fused-ring (bicyclic) bond motifs is 2.